The molecule has 118 valence electrons. The highest BCUT2D eigenvalue weighted by molar-refractivity contribution is 6.41. The van der Waals surface area contributed by atoms with Gasteiger partial charge >= 0.3 is 5.97 Å². The van der Waals surface area contributed by atoms with Crippen molar-refractivity contribution < 1.29 is 19.0 Å². The molecule has 0 bridgehead atoms. The zero-order valence-electron chi connectivity index (χ0n) is 12.7. The van der Waals surface area contributed by atoms with Crippen LogP contribution in [0.4, 0.5) is 0 Å². The van der Waals surface area contributed by atoms with Crippen molar-refractivity contribution in [1.82, 2.24) is 0 Å². The van der Waals surface area contributed by atoms with Crippen LogP contribution in [0.25, 0.3) is 0 Å². The highest BCUT2D eigenvalue weighted by Gasteiger charge is 2.24. The van der Waals surface area contributed by atoms with Gasteiger partial charge in [-0.1, -0.05) is 12.1 Å². The summed E-state index contributed by atoms with van der Waals surface area (Å²) in [6.45, 7) is 0.335. The van der Waals surface area contributed by atoms with Crippen LogP contribution in [0.2, 0.25) is 0 Å². The minimum atomic E-state index is -0.546. The Morgan fingerprint density at radius 2 is 2.00 bits per heavy atom. The van der Waals surface area contributed by atoms with E-state index in [1.165, 1.54) is 13.2 Å². The fraction of sp³-hybridized carbons (Fsp3) is 0.375. The lowest BCUT2D eigenvalue weighted by molar-refractivity contribution is -0.132. The van der Waals surface area contributed by atoms with E-state index in [0.29, 0.717) is 6.54 Å². The molecule has 2 rings (SSSR count). The minimum Gasteiger partial charge on any atom is -0.497 e. The van der Waals surface area contributed by atoms with Crippen molar-refractivity contribution in [3.8, 4) is 5.75 Å². The molecule has 0 aliphatic heterocycles. The van der Waals surface area contributed by atoms with Crippen molar-refractivity contribution in [3.05, 3.63) is 41.8 Å². The van der Waals surface area contributed by atoms with E-state index in [1.54, 1.807) is 7.11 Å². The van der Waals surface area contributed by atoms with Gasteiger partial charge in [0, 0.05) is 6.08 Å². The molecule has 22 heavy (non-hydrogen) atoms. The lowest BCUT2D eigenvalue weighted by atomic mass is 10.2. The molecule has 0 radical (unpaired) electrons. The Hall–Kier alpha value is -2.50. The number of rotatable bonds is 7. The maximum Gasteiger partial charge on any atom is 0.356 e. The number of carbonyl (C=O) groups excluding carboxylic acids is 1. The van der Waals surface area contributed by atoms with E-state index in [0.717, 1.165) is 24.2 Å². The number of aliphatic imine (C=N–C) groups is 1. The van der Waals surface area contributed by atoms with Crippen LogP contribution in [-0.2, 0) is 20.8 Å². The number of methoxy groups -OCH3 is 2. The smallest absolute Gasteiger partial charge is 0.356 e. The molecule has 0 aromatic heterocycles. The van der Waals surface area contributed by atoms with Crippen molar-refractivity contribution in [3.63, 3.8) is 0 Å². The summed E-state index contributed by atoms with van der Waals surface area (Å²) in [6.07, 6.45) is 3.56. The lowest BCUT2D eigenvalue weighted by Crippen LogP contribution is -2.17. The summed E-state index contributed by atoms with van der Waals surface area (Å²) in [7, 11) is 2.91. The zero-order chi connectivity index (χ0) is 15.9. The van der Waals surface area contributed by atoms with Gasteiger partial charge in [-0.05, 0) is 30.5 Å². The number of hydrogen-bond acceptors (Lipinski definition) is 6. The van der Waals surface area contributed by atoms with Crippen LogP contribution in [0, 0.1) is 0 Å². The van der Waals surface area contributed by atoms with Crippen molar-refractivity contribution in [2.75, 3.05) is 14.2 Å². The number of ether oxygens (including phenoxy) is 3. The molecule has 0 amide bonds. The minimum absolute atomic E-state index is 0.136. The van der Waals surface area contributed by atoms with Gasteiger partial charge in [-0.25, -0.2) is 4.79 Å². The summed E-state index contributed by atoms with van der Waals surface area (Å²) in [5, 5.41) is 0. The normalized spacial score (nSPS) is 15.4. The molecule has 6 nitrogen and oxygen atoms in total. The molecule has 6 heteroatoms. The first kappa shape index (κ1) is 15.9. The highest BCUT2D eigenvalue weighted by atomic mass is 16.5. The highest BCUT2D eigenvalue weighted by Crippen LogP contribution is 2.24. The Morgan fingerprint density at radius 3 is 2.55 bits per heavy atom. The monoisotopic (exact) mass is 304 g/mol. The number of hydrogen-bond donors (Lipinski definition) is 1. The van der Waals surface area contributed by atoms with Gasteiger partial charge in [0.15, 0.2) is 5.88 Å². The zero-order valence-corrected chi connectivity index (χ0v) is 12.7. The van der Waals surface area contributed by atoms with Gasteiger partial charge < -0.3 is 19.9 Å². The van der Waals surface area contributed by atoms with Gasteiger partial charge in [0.2, 0.25) is 0 Å². The molecule has 0 unspecified atom stereocenters. The second-order valence-electron chi connectivity index (χ2n) is 4.91. The van der Waals surface area contributed by atoms with Crippen LogP contribution in [0.1, 0.15) is 18.4 Å². The van der Waals surface area contributed by atoms with Crippen LogP contribution in [-0.4, -0.2) is 32.0 Å². The van der Waals surface area contributed by atoms with Crippen molar-refractivity contribution in [1.29, 1.82) is 0 Å². The van der Waals surface area contributed by atoms with Gasteiger partial charge in [0.05, 0.1) is 20.8 Å². The third kappa shape index (κ3) is 4.80. The van der Waals surface area contributed by atoms with E-state index in [2.05, 4.69) is 4.99 Å². The van der Waals surface area contributed by atoms with E-state index in [4.69, 9.17) is 19.9 Å². The average Bonchev–Trinajstić information content (AvgIpc) is 3.35. The summed E-state index contributed by atoms with van der Waals surface area (Å²) in [6, 6.07) is 7.43. The Kier molecular flexibility index (Phi) is 5.41. The number of nitrogens with zero attached hydrogens (tertiary/aromatic N) is 1. The van der Waals surface area contributed by atoms with Gasteiger partial charge in [-0.2, -0.15) is 0 Å². The fourth-order valence-electron chi connectivity index (χ4n) is 1.73. The predicted molar refractivity (Wildman–Crippen MR) is 82.5 cm³/mol. The molecular formula is C16H20N2O4. The fourth-order valence-corrected chi connectivity index (χ4v) is 1.73. The second kappa shape index (κ2) is 7.49. The molecule has 1 aromatic rings. The van der Waals surface area contributed by atoms with E-state index in [-0.39, 0.29) is 17.7 Å². The topological polar surface area (TPSA) is 83.1 Å². The summed E-state index contributed by atoms with van der Waals surface area (Å²) >= 11 is 0. The Balaban J connectivity index is 2.07. The molecule has 1 aliphatic rings. The van der Waals surface area contributed by atoms with Crippen LogP contribution < -0.4 is 10.5 Å². The molecule has 1 fully saturated rings. The third-order valence-corrected chi connectivity index (χ3v) is 3.09. The lowest BCUT2D eigenvalue weighted by Gasteiger charge is -2.05. The van der Waals surface area contributed by atoms with Crippen LogP contribution in [0.5, 0.6) is 5.75 Å². The first-order valence-electron chi connectivity index (χ1n) is 7.02. The van der Waals surface area contributed by atoms with E-state index in [9.17, 15) is 4.79 Å². The Labute approximate surface area is 129 Å². The molecule has 0 spiro atoms. The van der Waals surface area contributed by atoms with Crippen LogP contribution in [0.15, 0.2) is 41.2 Å². The maximum absolute atomic E-state index is 11.7. The largest absolute Gasteiger partial charge is 0.497 e. The molecule has 0 saturated heterocycles. The average molecular weight is 304 g/mol. The molecule has 0 atom stereocenters. The van der Waals surface area contributed by atoms with E-state index >= 15 is 0 Å². The van der Waals surface area contributed by atoms with E-state index in [1.807, 2.05) is 24.3 Å². The molecular weight excluding hydrogens is 284 g/mol. The van der Waals surface area contributed by atoms with Crippen LogP contribution in [0.3, 0.4) is 0 Å². The number of esters is 1. The first-order valence-corrected chi connectivity index (χ1v) is 7.02. The molecule has 1 aromatic carbocycles. The number of nitrogens with two attached hydrogens (primary N) is 1. The molecule has 1 aliphatic carbocycles. The number of carbonyl (C=O) groups is 1. The molecule has 0 heterocycles. The van der Waals surface area contributed by atoms with Crippen molar-refractivity contribution >= 4 is 11.7 Å². The van der Waals surface area contributed by atoms with Gasteiger partial charge in [0.1, 0.15) is 17.6 Å². The quantitative estimate of drug-likeness (QED) is 0.472. The summed E-state index contributed by atoms with van der Waals surface area (Å²) < 4.78 is 15.2. The summed E-state index contributed by atoms with van der Waals surface area (Å²) in [5.74, 6) is 0.403. The van der Waals surface area contributed by atoms with Gasteiger partial charge in [0.25, 0.3) is 0 Å². The molecule has 1 saturated carbocycles. The standard InChI is InChI=1S/C16H20N2O4/c1-20-12-5-3-11(4-6-12)10-18-14(16(19)21-2)9-15(17)22-13-7-8-13/h3-6,9,13H,7-8,10,17H2,1-2H3. The number of benzene rings is 1. The third-order valence-electron chi connectivity index (χ3n) is 3.09. The predicted octanol–water partition coefficient (Wildman–Crippen LogP) is 1.79. The second-order valence-corrected chi connectivity index (χ2v) is 4.91. The van der Waals surface area contributed by atoms with Crippen LogP contribution >= 0.6 is 0 Å². The summed E-state index contributed by atoms with van der Waals surface area (Å²) in [5.41, 5.74) is 6.83. The van der Waals surface area contributed by atoms with Crippen molar-refractivity contribution in [2.24, 2.45) is 10.7 Å². The van der Waals surface area contributed by atoms with Crippen molar-refractivity contribution in [2.45, 2.75) is 25.5 Å². The van der Waals surface area contributed by atoms with Gasteiger partial charge in [-0.3, -0.25) is 4.99 Å². The maximum atomic E-state index is 11.7. The SMILES string of the molecule is COC(=O)C(C=C(N)OC1CC1)=NCc1ccc(OC)cc1. The Morgan fingerprint density at radius 1 is 1.32 bits per heavy atom. The summed E-state index contributed by atoms with van der Waals surface area (Å²) in [4.78, 5) is 16.0. The van der Waals surface area contributed by atoms with E-state index < -0.39 is 5.97 Å². The van der Waals surface area contributed by atoms with Gasteiger partial charge in [-0.15, -0.1) is 0 Å². The first-order chi connectivity index (χ1) is 10.6. The Bertz CT molecular complexity index is 574. The molecule has 2 N–H and O–H groups in total.